The Balaban J connectivity index is 2.59. The van der Waals surface area contributed by atoms with Gasteiger partial charge in [-0.3, -0.25) is 9.59 Å². The van der Waals surface area contributed by atoms with E-state index in [1.165, 1.54) is 12.1 Å². The van der Waals surface area contributed by atoms with Crippen LogP contribution in [0.1, 0.15) is 20.3 Å². The molecule has 7 heteroatoms. The van der Waals surface area contributed by atoms with Crippen LogP contribution < -0.4 is 10.6 Å². The van der Waals surface area contributed by atoms with Gasteiger partial charge in [-0.2, -0.15) is 0 Å². The van der Waals surface area contributed by atoms with Gasteiger partial charge in [-0.1, -0.05) is 37.0 Å². The van der Waals surface area contributed by atoms with E-state index in [1.807, 2.05) is 13.8 Å². The second-order valence-corrected chi connectivity index (χ2v) is 6.24. The molecule has 116 valence electrons. The molecule has 1 aromatic carbocycles. The van der Waals surface area contributed by atoms with E-state index in [-0.39, 0.29) is 24.3 Å². The van der Waals surface area contributed by atoms with Crippen LogP contribution in [0.25, 0.3) is 0 Å². The summed E-state index contributed by atoms with van der Waals surface area (Å²) in [6, 6.07) is 4.57. The smallest absolute Gasteiger partial charge is 0.313 e. The van der Waals surface area contributed by atoms with Crippen LogP contribution in [-0.2, 0) is 9.59 Å². The summed E-state index contributed by atoms with van der Waals surface area (Å²) in [6.45, 7) is 4.07. The van der Waals surface area contributed by atoms with E-state index in [0.717, 1.165) is 0 Å². The predicted molar refractivity (Wildman–Crippen MR) is 83.6 cm³/mol. The fourth-order valence-electron chi connectivity index (χ4n) is 1.56. The SMILES string of the molecule is CC(C)(CCO)CNC(=O)C(=O)Nc1cc(Cl)ccc1Cl. The first kappa shape index (κ1) is 17.8. The standard InChI is InChI=1S/C14H18Cl2N2O3/c1-14(2,5-6-19)8-17-12(20)13(21)18-11-7-9(15)3-4-10(11)16/h3-4,7,19H,5-6,8H2,1-2H3,(H,17,20)(H,18,21). The maximum atomic E-state index is 11.8. The molecule has 0 heterocycles. The number of aliphatic hydroxyl groups excluding tert-OH is 1. The van der Waals surface area contributed by atoms with Crippen molar-refractivity contribution in [1.29, 1.82) is 0 Å². The second-order valence-electron chi connectivity index (χ2n) is 5.40. The number of rotatable bonds is 5. The molecule has 3 N–H and O–H groups in total. The normalized spacial score (nSPS) is 11.1. The van der Waals surface area contributed by atoms with E-state index < -0.39 is 11.8 Å². The molecule has 1 rings (SSSR count). The average Bonchev–Trinajstić information content (AvgIpc) is 2.40. The zero-order valence-corrected chi connectivity index (χ0v) is 13.4. The van der Waals surface area contributed by atoms with Crippen LogP contribution >= 0.6 is 23.2 Å². The van der Waals surface area contributed by atoms with Crippen LogP contribution in [0.3, 0.4) is 0 Å². The maximum Gasteiger partial charge on any atom is 0.313 e. The summed E-state index contributed by atoms with van der Waals surface area (Å²) in [5, 5.41) is 14.5. The van der Waals surface area contributed by atoms with Gasteiger partial charge >= 0.3 is 11.8 Å². The Morgan fingerprint density at radius 1 is 1.24 bits per heavy atom. The molecule has 0 aliphatic heterocycles. The minimum atomic E-state index is -0.820. The summed E-state index contributed by atoms with van der Waals surface area (Å²) in [6.07, 6.45) is 0.523. The number of benzene rings is 1. The van der Waals surface area contributed by atoms with E-state index in [9.17, 15) is 9.59 Å². The number of nitrogens with one attached hydrogen (secondary N) is 2. The summed E-state index contributed by atoms with van der Waals surface area (Å²) in [7, 11) is 0. The minimum absolute atomic E-state index is 0.0210. The fraction of sp³-hybridized carbons (Fsp3) is 0.429. The highest BCUT2D eigenvalue weighted by molar-refractivity contribution is 6.42. The highest BCUT2D eigenvalue weighted by Crippen LogP contribution is 2.25. The van der Waals surface area contributed by atoms with Crippen molar-refractivity contribution in [2.45, 2.75) is 20.3 Å². The molecule has 0 saturated heterocycles. The van der Waals surface area contributed by atoms with Gasteiger partial charge in [0.25, 0.3) is 0 Å². The molecule has 0 radical (unpaired) electrons. The van der Waals surface area contributed by atoms with E-state index >= 15 is 0 Å². The third kappa shape index (κ3) is 5.91. The van der Waals surface area contributed by atoms with Crippen molar-refractivity contribution in [3.05, 3.63) is 28.2 Å². The Morgan fingerprint density at radius 2 is 1.90 bits per heavy atom. The summed E-state index contributed by atoms with van der Waals surface area (Å²) in [5.41, 5.74) is -0.0165. The van der Waals surface area contributed by atoms with Gasteiger partial charge in [-0.05, 0) is 30.0 Å². The molecular formula is C14H18Cl2N2O3. The number of aliphatic hydroxyl groups is 1. The number of anilines is 1. The lowest BCUT2D eigenvalue weighted by molar-refractivity contribution is -0.136. The Morgan fingerprint density at radius 3 is 2.52 bits per heavy atom. The molecule has 0 atom stereocenters. The molecule has 21 heavy (non-hydrogen) atoms. The first-order valence-electron chi connectivity index (χ1n) is 6.40. The molecule has 0 aliphatic rings. The summed E-state index contributed by atoms with van der Waals surface area (Å²) < 4.78 is 0. The average molecular weight is 333 g/mol. The van der Waals surface area contributed by atoms with Gasteiger partial charge in [0.05, 0.1) is 10.7 Å². The molecule has 0 saturated carbocycles. The second kappa shape index (κ2) is 7.64. The molecule has 0 spiro atoms. The van der Waals surface area contributed by atoms with Crippen molar-refractivity contribution in [2.75, 3.05) is 18.5 Å². The number of carbonyl (C=O) groups excluding carboxylic acids is 2. The lowest BCUT2D eigenvalue weighted by Crippen LogP contribution is -2.40. The number of hydrogen-bond donors (Lipinski definition) is 3. The van der Waals surface area contributed by atoms with Crippen LogP contribution in [0.2, 0.25) is 10.0 Å². The van der Waals surface area contributed by atoms with Crippen molar-refractivity contribution >= 4 is 40.7 Å². The molecular weight excluding hydrogens is 315 g/mol. The van der Waals surface area contributed by atoms with Crippen LogP contribution in [0.15, 0.2) is 18.2 Å². The van der Waals surface area contributed by atoms with Gasteiger partial charge in [0, 0.05) is 18.2 Å². The number of amides is 2. The maximum absolute atomic E-state index is 11.8. The Bertz CT molecular complexity index is 533. The molecule has 0 fully saturated rings. The zero-order valence-electron chi connectivity index (χ0n) is 11.9. The van der Waals surface area contributed by atoms with Gasteiger partial charge in [-0.25, -0.2) is 0 Å². The zero-order chi connectivity index (χ0) is 16.0. The molecule has 1 aromatic rings. The predicted octanol–water partition coefficient (Wildman–Crippen LogP) is 2.46. The number of halogens is 2. The highest BCUT2D eigenvalue weighted by Gasteiger charge is 2.21. The lowest BCUT2D eigenvalue weighted by atomic mass is 9.90. The lowest BCUT2D eigenvalue weighted by Gasteiger charge is -2.23. The summed E-state index contributed by atoms with van der Waals surface area (Å²) >= 11 is 11.7. The van der Waals surface area contributed by atoms with Crippen LogP contribution in [0, 0.1) is 5.41 Å². The van der Waals surface area contributed by atoms with Crippen molar-refractivity contribution in [3.63, 3.8) is 0 Å². The largest absolute Gasteiger partial charge is 0.396 e. The number of hydrogen-bond acceptors (Lipinski definition) is 3. The third-order valence-electron chi connectivity index (χ3n) is 2.90. The van der Waals surface area contributed by atoms with E-state index in [1.54, 1.807) is 6.07 Å². The van der Waals surface area contributed by atoms with E-state index in [4.69, 9.17) is 28.3 Å². The molecule has 5 nitrogen and oxygen atoms in total. The van der Waals surface area contributed by atoms with Crippen LogP contribution in [0.4, 0.5) is 5.69 Å². The fourth-order valence-corrected chi connectivity index (χ4v) is 1.90. The van der Waals surface area contributed by atoms with Crippen molar-refractivity contribution in [2.24, 2.45) is 5.41 Å². The third-order valence-corrected chi connectivity index (χ3v) is 3.46. The molecule has 0 bridgehead atoms. The van der Waals surface area contributed by atoms with Gasteiger partial charge < -0.3 is 15.7 Å². The monoisotopic (exact) mass is 332 g/mol. The van der Waals surface area contributed by atoms with Crippen molar-refractivity contribution in [1.82, 2.24) is 5.32 Å². The summed E-state index contributed by atoms with van der Waals surface area (Å²) in [5.74, 6) is -1.59. The first-order chi connectivity index (χ1) is 9.75. The van der Waals surface area contributed by atoms with E-state index in [0.29, 0.717) is 16.5 Å². The van der Waals surface area contributed by atoms with Gasteiger partial charge in [-0.15, -0.1) is 0 Å². The first-order valence-corrected chi connectivity index (χ1v) is 7.16. The quantitative estimate of drug-likeness (QED) is 0.724. The topological polar surface area (TPSA) is 78.4 Å². The van der Waals surface area contributed by atoms with Crippen molar-refractivity contribution < 1.29 is 14.7 Å². The number of carbonyl (C=O) groups is 2. The van der Waals surface area contributed by atoms with Crippen LogP contribution in [0.5, 0.6) is 0 Å². The Labute approximate surface area is 133 Å². The highest BCUT2D eigenvalue weighted by atomic mass is 35.5. The summed E-state index contributed by atoms with van der Waals surface area (Å²) in [4.78, 5) is 23.5. The van der Waals surface area contributed by atoms with E-state index in [2.05, 4.69) is 10.6 Å². The van der Waals surface area contributed by atoms with Gasteiger partial charge in [0.15, 0.2) is 0 Å². The van der Waals surface area contributed by atoms with Crippen molar-refractivity contribution in [3.8, 4) is 0 Å². The molecule has 2 amide bonds. The Hall–Kier alpha value is -1.30. The molecule has 0 aliphatic carbocycles. The molecule has 0 unspecified atom stereocenters. The minimum Gasteiger partial charge on any atom is -0.396 e. The Kier molecular flexibility index (Phi) is 6.45. The molecule has 0 aromatic heterocycles. The van der Waals surface area contributed by atoms with Gasteiger partial charge in [0.1, 0.15) is 0 Å². The van der Waals surface area contributed by atoms with Gasteiger partial charge in [0.2, 0.25) is 0 Å². The van der Waals surface area contributed by atoms with Crippen LogP contribution in [-0.4, -0.2) is 30.1 Å².